The van der Waals surface area contributed by atoms with E-state index in [1.807, 2.05) is 11.3 Å². The third-order valence-electron chi connectivity index (χ3n) is 7.56. The van der Waals surface area contributed by atoms with Crippen LogP contribution in [0.5, 0.6) is 0 Å². The standard InChI is InChI=1S/C32H39BN2S/c1-19(2)24-11-10-12-25(20(3)4)30(24)33-26-16-23(17-32(7,8)9)13-14-27(26)35-29(33)18-34-31(35)28-15-21(5)22(6)36-28/h10-16,18-20H,17H2,1-9H3. The zero-order chi connectivity index (χ0) is 25.9. The van der Waals surface area contributed by atoms with Crippen LogP contribution in [-0.2, 0) is 6.42 Å². The summed E-state index contributed by atoms with van der Waals surface area (Å²) in [4.78, 5) is 7.66. The lowest BCUT2D eigenvalue weighted by atomic mass is 9.37. The van der Waals surface area contributed by atoms with Crippen LogP contribution in [0.2, 0.25) is 0 Å². The van der Waals surface area contributed by atoms with Crippen molar-refractivity contribution in [2.24, 2.45) is 5.41 Å². The summed E-state index contributed by atoms with van der Waals surface area (Å²) in [6, 6.07) is 16.4. The summed E-state index contributed by atoms with van der Waals surface area (Å²) in [6.45, 7) is 20.9. The Balaban J connectivity index is 1.80. The van der Waals surface area contributed by atoms with E-state index in [2.05, 4.69) is 116 Å². The smallest absolute Gasteiger partial charge is 0.268 e. The molecular formula is C32H39BN2S. The maximum Gasteiger partial charge on any atom is 0.268 e. The number of rotatable bonds is 5. The zero-order valence-corrected chi connectivity index (χ0v) is 24.2. The van der Waals surface area contributed by atoms with Crippen LogP contribution in [0.15, 0.2) is 48.7 Å². The van der Waals surface area contributed by atoms with E-state index < -0.39 is 0 Å². The number of imidazole rings is 1. The zero-order valence-electron chi connectivity index (χ0n) is 23.4. The maximum absolute atomic E-state index is 5.04. The van der Waals surface area contributed by atoms with Gasteiger partial charge < -0.3 is 4.57 Å². The number of benzene rings is 2. The van der Waals surface area contributed by atoms with E-state index in [4.69, 9.17) is 4.98 Å². The van der Waals surface area contributed by atoms with Crippen molar-refractivity contribution in [2.75, 3.05) is 0 Å². The number of nitrogens with zero attached hydrogens (tertiary/aromatic N) is 2. The molecule has 1 aliphatic rings. The molecule has 2 aromatic heterocycles. The van der Waals surface area contributed by atoms with Crippen LogP contribution in [0.4, 0.5) is 0 Å². The van der Waals surface area contributed by atoms with Crippen molar-refractivity contribution in [3.63, 3.8) is 0 Å². The Morgan fingerprint density at radius 1 is 0.944 bits per heavy atom. The summed E-state index contributed by atoms with van der Waals surface area (Å²) < 4.78 is 2.45. The van der Waals surface area contributed by atoms with Crippen LogP contribution < -0.4 is 16.5 Å². The van der Waals surface area contributed by atoms with Gasteiger partial charge in [-0.05, 0) is 77.4 Å². The first-order valence-corrected chi connectivity index (χ1v) is 14.2. The van der Waals surface area contributed by atoms with Crippen LogP contribution in [0.1, 0.15) is 87.4 Å². The molecule has 0 N–H and O–H groups in total. The predicted octanol–water partition coefficient (Wildman–Crippen LogP) is 6.88. The molecule has 2 nitrogen and oxygen atoms in total. The van der Waals surface area contributed by atoms with Crippen molar-refractivity contribution in [3.05, 3.63) is 75.8 Å². The van der Waals surface area contributed by atoms with Gasteiger partial charge in [0.2, 0.25) is 0 Å². The Bertz CT molecular complexity index is 1390. The van der Waals surface area contributed by atoms with Gasteiger partial charge in [0, 0.05) is 22.4 Å². The summed E-state index contributed by atoms with van der Waals surface area (Å²) in [5, 5.41) is 0. The highest BCUT2D eigenvalue weighted by molar-refractivity contribution is 7.15. The first-order chi connectivity index (χ1) is 17.0. The van der Waals surface area contributed by atoms with Gasteiger partial charge >= 0.3 is 0 Å². The highest BCUT2D eigenvalue weighted by Crippen LogP contribution is 2.33. The second-order valence-corrected chi connectivity index (χ2v) is 13.7. The Labute approximate surface area is 221 Å². The van der Waals surface area contributed by atoms with Gasteiger partial charge in [0.05, 0.1) is 4.88 Å². The number of hydrogen-bond acceptors (Lipinski definition) is 2. The van der Waals surface area contributed by atoms with E-state index in [0.717, 1.165) is 12.2 Å². The summed E-state index contributed by atoms with van der Waals surface area (Å²) in [6.07, 6.45) is 3.22. The lowest BCUT2D eigenvalue weighted by molar-refractivity contribution is 0.411. The van der Waals surface area contributed by atoms with Crippen molar-refractivity contribution in [1.82, 2.24) is 9.55 Å². The van der Waals surface area contributed by atoms with Crippen molar-refractivity contribution in [3.8, 4) is 16.4 Å². The Kier molecular flexibility index (Phi) is 6.31. The van der Waals surface area contributed by atoms with E-state index in [-0.39, 0.29) is 12.1 Å². The van der Waals surface area contributed by atoms with Gasteiger partial charge in [-0.25, -0.2) is 4.98 Å². The van der Waals surface area contributed by atoms with E-state index in [1.54, 1.807) is 0 Å². The van der Waals surface area contributed by atoms with Crippen molar-refractivity contribution < 1.29 is 0 Å². The second kappa shape index (κ2) is 9.06. The third-order valence-corrected chi connectivity index (χ3v) is 8.70. The normalized spacial score (nSPS) is 13.1. The molecule has 0 spiro atoms. The summed E-state index contributed by atoms with van der Waals surface area (Å²) in [5.41, 5.74) is 11.4. The van der Waals surface area contributed by atoms with Crippen molar-refractivity contribution in [1.29, 1.82) is 0 Å². The quantitative estimate of drug-likeness (QED) is 0.244. The molecule has 0 atom stereocenters. The highest BCUT2D eigenvalue weighted by Gasteiger charge is 2.39. The predicted molar refractivity (Wildman–Crippen MR) is 159 cm³/mol. The van der Waals surface area contributed by atoms with Gasteiger partial charge in [0.25, 0.3) is 6.71 Å². The molecule has 1 aliphatic heterocycles. The SMILES string of the molecule is Cc1cc(-c2ncc3n2-c2ccc(CC(C)(C)C)cc2B3c2c(C(C)C)cccc2C(C)C)sc1C. The average Bonchev–Trinajstić information content (AvgIpc) is 3.44. The van der Waals surface area contributed by atoms with Gasteiger partial charge in [-0.2, -0.15) is 0 Å². The van der Waals surface area contributed by atoms with E-state index in [0.29, 0.717) is 11.8 Å². The number of aryl methyl sites for hydroxylation is 2. The van der Waals surface area contributed by atoms with Crippen LogP contribution in [0.3, 0.4) is 0 Å². The van der Waals surface area contributed by atoms with Gasteiger partial charge in [-0.15, -0.1) is 11.3 Å². The van der Waals surface area contributed by atoms with E-state index in [1.165, 1.54) is 54.2 Å². The molecule has 0 saturated carbocycles. The number of hydrogen-bond donors (Lipinski definition) is 0. The molecule has 0 amide bonds. The molecule has 0 unspecified atom stereocenters. The molecule has 0 radical (unpaired) electrons. The van der Waals surface area contributed by atoms with Crippen LogP contribution in [0.25, 0.3) is 16.4 Å². The van der Waals surface area contributed by atoms with Gasteiger partial charge in [0.1, 0.15) is 0 Å². The molecule has 0 bridgehead atoms. The first-order valence-electron chi connectivity index (χ1n) is 13.4. The van der Waals surface area contributed by atoms with Crippen LogP contribution >= 0.6 is 11.3 Å². The van der Waals surface area contributed by atoms with Gasteiger partial charge in [-0.3, -0.25) is 0 Å². The third kappa shape index (κ3) is 4.28. The minimum Gasteiger partial charge on any atom is -0.305 e. The lowest BCUT2D eigenvalue weighted by Crippen LogP contribution is -2.52. The largest absolute Gasteiger partial charge is 0.305 e. The van der Waals surface area contributed by atoms with E-state index >= 15 is 0 Å². The summed E-state index contributed by atoms with van der Waals surface area (Å²) in [7, 11) is 0. The van der Waals surface area contributed by atoms with E-state index in [9.17, 15) is 0 Å². The summed E-state index contributed by atoms with van der Waals surface area (Å²) >= 11 is 1.85. The molecule has 4 aromatic rings. The average molecular weight is 495 g/mol. The molecule has 186 valence electrons. The molecular weight excluding hydrogens is 455 g/mol. The van der Waals surface area contributed by atoms with Gasteiger partial charge in [0.15, 0.2) is 5.82 Å². The molecule has 0 saturated heterocycles. The maximum atomic E-state index is 5.04. The summed E-state index contributed by atoms with van der Waals surface area (Å²) in [5.74, 6) is 1.99. The molecule has 3 heterocycles. The lowest BCUT2D eigenvalue weighted by Gasteiger charge is -2.24. The first kappa shape index (κ1) is 25.1. The fourth-order valence-corrected chi connectivity index (χ4v) is 6.87. The molecule has 0 fully saturated rings. The van der Waals surface area contributed by atoms with Crippen LogP contribution in [0, 0.1) is 19.3 Å². The number of fused-ring (bicyclic) bond motifs is 3. The second-order valence-electron chi connectivity index (χ2n) is 12.4. The number of thiophene rings is 1. The Morgan fingerprint density at radius 2 is 1.61 bits per heavy atom. The minimum atomic E-state index is 0.194. The Morgan fingerprint density at radius 3 is 2.17 bits per heavy atom. The fourth-order valence-electron chi connectivity index (χ4n) is 5.84. The monoisotopic (exact) mass is 494 g/mol. The molecule has 0 aliphatic carbocycles. The van der Waals surface area contributed by atoms with Crippen LogP contribution in [-0.4, -0.2) is 16.3 Å². The highest BCUT2D eigenvalue weighted by atomic mass is 32.1. The molecule has 2 aromatic carbocycles. The Hall–Kier alpha value is -2.59. The molecule has 36 heavy (non-hydrogen) atoms. The fraction of sp³-hybridized carbons (Fsp3) is 0.406. The van der Waals surface area contributed by atoms with Crippen molar-refractivity contribution >= 4 is 34.6 Å². The topological polar surface area (TPSA) is 17.8 Å². The van der Waals surface area contributed by atoms with Crippen molar-refractivity contribution in [2.45, 2.75) is 80.6 Å². The van der Waals surface area contributed by atoms with Gasteiger partial charge in [-0.1, -0.05) is 84.3 Å². The number of aromatic nitrogens is 2. The molecule has 4 heteroatoms. The minimum absolute atomic E-state index is 0.194. The molecule has 5 rings (SSSR count).